The lowest BCUT2D eigenvalue weighted by Crippen LogP contribution is -2.21. The van der Waals surface area contributed by atoms with Gasteiger partial charge in [0.25, 0.3) is 0 Å². The van der Waals surface area contributed by atoms with Gasteiger partial charge < -0.3 is 25.1 Å². The number of fused-ring (bicyclic) bond motifs is 1. The van der Waals surface area contributed by atoms with Crippen LogP contribution in [0.15, 0.2) is 12.1 Å². The van der Waals surface area contributed by atoms with Gasteiger partial charge in [0.1, 0.15) is 11.5 Å². The van der Waals surface area contributed by atoms with Crippen LogP contribution < -0.4 is 15.2 Å². The molecule has 0 aromatic heterocycles. The smallest absolute Gasteiger partial charge is 0.189 e. The van der Waals surface area contributed by atoms with Gasteiger partial charge in [-0.05, 0) is 12.1 Å². The molecule has 0 radical (unpaired) electrons. The van der Waals surface area contributed by atoms with Gasteiger partial charge >= 0.3 is 0 Å². The number of methoxy groups -OCH3 is 1. The van der Waals surface area contributed by atoms with Crippen LogP contribution in [0.5, 0.6) is 11.5 Å². The summed E-state index contributed by atoms with van der Waals surface area (Å²) in [5, 5.41) is 9.15. The second-order valence-electron chi connectivity index (χ2n) is 3.56. The Hall–Kier alpha value is -1.30. The number of ether oxygens (including phenoxy) is 3. The summed E-state index contributed by atoms with van der Waals surface area (Å²) in [5.74, 6) is 1.39. The number of aliphatic hydroxyl groups excluding tert-OH is 1. The van der Waals surface area contributed by atoms with E-state index < -0.39 is 6.04 Å². The van der Waals surface area contributed by atoms with Gasteiger partial charge in [0.15, 0.2) is 6.79 Å². The van der Waals surface area contributed by atoms with Crippen molar-refractivity contribution in [2.24, 2.45) is 5.73 Å². The number of benzene rings is 1. The van der Waals surface area contributed by atoms with Crippen LogP contribution in [0.1, 0.15) is 17.2 Å². The molecule has 2 rings (SSSR count). The summed E-state index contributed by atoms with van der Waals surface area (Å²) in [6.07, 6.45) is 0. The molecule has 1 aliphatic heterocycles. The Kier molecular flexibility index (Phi) is 3.28. The third-order valence-corrected chi connectivity index (χ3v) is 2.61. The summed E-state index contributed by atoms with van der Waals surface area (Å²) < 4.78 is 15.8. The predicted molar refractivity (Wildman–Crippen MR) is 57.3 cm³/mol. The molecule has 88 valence electrons. The minimum absolute atomic E-state index is 0.146. The van der Waals surface area contributed by atoms with E-state index >= 15 is 0 Å². The van der Waals surface area contributed by atoms with Gasteiger partial charge in [-0.25, -0.2) is 0 Å². The average molecular weight is 225 g/mol. The highest BCUT2D eigenvalue weighted by Gasteiger charge is 2.22. The van der Waals surface area contributed by atoms with E-state index in [2.05, 4.69) is 0 Å². The predicted octanol–water partition coefficient (Wildman–Crippen LogP) is 0.554. The highest BCUT2D eigenvalue weighted by molar-refractivity contribution is 5.50. The fourth-order valence-corrected chi connectivity index (χ4v) is 1.83. The van der Waals surface area contributed by atoms with Gasteiger partial charge in [-0.1, -0.05) is 0 Å². The fourth-order valence-electron chi connectivity index (χ4n) is 1.83. The van der Waals surface area contributed by atoms with E-state index in [4.69, 9.17) is 25.1 Å². The average Bonchev–Trinajstić information content (AvgIpc) is 2.36. The topological polar surface area (TPSA) is 73.9 Å². The van der Waals surface area contributed by atoms with Gasteiger partial charge in [-0.3, -0.25) is 0 Å². The zero-order valence-electron chi connectivity index (χ0n) is 9.10. The highest BCUT2D eigenvalue weighted by atomic mass is 16.7. The monoisotopic (exact) mass is 225 g/mol. The molecule has 1 aromatic rings. The molecule has 0 spiro atoms. The molecule has 0 amide bonds. The normalized spacial score (nSPS) is 16.2. The van der Waals surface area contributed by atoms with Gasteiger partial charge in [0.05, 0.1) is 26.4 Å². The van der Waals surface area contributed by atoms with E-state index in [9.17, 15) is 0 Å². The van der Waals surface area contributed by atoms with Crippen LogP contribution in [0.4, 0.5) is 0 Å². The summed E-state index contributed by atoms with van der Waals surface area (Å²) in [6.45, 7) is 0.523. The molecular weight excluding hydrogens is 210 g/mol. The van der Waals surface area contributed by atoms with E-state index in [1.165, 1.54) is 0 Å². The van der Waals surface area contributed by atoms with E-state index in [0.717, 1.165) is 16.9 Å². The first kappa shape index (κ1) is 11.2. The Morgan fingerprint density at radius 2 is 2.38 bits per heavy atom. The second kappa shape index (κ2) is 4.69. The SMILES string of the molecule is COc1ccc2c(c1C(N)CO)COCO2. The zero-order chi connectivity index (χ0) is 11.5. The minimum Gasteiger partial charge on any atom is -0.496 e. The van der Waals surface area contributed by atoms with Gasteiger partial charge in [0.2, 0.25) is 0 Å². The summed E-state index contributed by atoms with van der Waals surface area (Å²) >= 11 is 0. The number of hydrogen-bond acceptors (Lipinski definition) is 5. The van der Waals surface area contributed by atoms with E-state index in [1.54, 1.807) is 13.2 Å². The Balaban J connectivity index is 2.51. The molecule has 0 saturated heterocycles. The van der Waals surface area contributed by atoms with Crippen molar-refractivity contribution in [3.05, 3.63) is 23.3 Å². The van der Waals surface area contributed by atoms with Crippen LogP contribution in [0, 0.1) is 0 Å². The molecule has 1 aromatic carbocycles. The molecular formula is C11H15NO4. The number of aliphatic hydroxyl groups is 1. The number of rotatable bonds is 3. The summed E-state index contributed by atoms with van der Waals surface area (Å²) in [4.78, 5) is 0. The molecule has 5 nitrogen and oxygen atoms in total. The first-order valence-electron chi connectivity index (χ1n) is 5.04. The molecule has 1 aliphatic rings. The summed E-state index contributed by atoms with van der Waals surface area (Å²) in [5.41, 5.74) is 7.46. The molecule has 0 bridgehead atoms. The maximum Gasteiger partial charge on any atom is 0.189 e. The van der Waals surface area contributed by atoms with Gasteiger partial charge in [-0.2, -0.15) is 0 Å². The van der Waals surface area contributed by atoms with Crippen LogP contribution in [0.2, 0.25) is 0 Å². The van der Waals surface area contributed by atoms with Gasteiger partial charge in [0, 0.05) is 11.1 Å². The first-order valence-corrected chi connectivity index (χ1v) is 5.04. The quantitative estimate of drug-likeness (QED) is 0.786. The summed E-state index contributed by atoms with van der Waals surface area (Å²) in [7, 11) is 1.57. The lowest BCUT2D eigenvalue weighted by atomic mass is 9.99. The number of nitrogens with two attached hydrogens (primary N) is 1. The van der Waals surface area contributed by atoms with Crippen molar-refractivity contribution in [1.29, 1.82) is 0 Å². The van der Waals surface area contributed by atoms with Crippen LogP contribution in [0.3, 0.4) is 0 Å². The van der Waals surface area contributed by atoms with Crippen LogP contribution in [-0.2, 0) is 11.3 Å². The van der Waals surface area contributed by atoms with Crippen molar-refractivity contribution in [2.75, 3.05) is 20.5 Å². The Morgan fingerprint density at radius 1 is 1.56 bits per heavy atom. The largest absolute Gasteiger partial charge is 0.496 e. The lowest BCUT2D eigenvalue weighted by Gasteiger charge is -2.24. The van der Waals surface area contributed by atoms with Crippen molar-refractivity contribution in [3.8, 4) is 11.5 Å². The molecule has 0 fully saturated rings. The van der Waals surface area contributed by atoms with Gasteiger partial charge in [-0.15, -0.1) is 0 Å². The van der Waals surface area contributed by atoms with Crippen LogP contribution >= 0.6 is 0 Å². The van der Waals surface area contributed by atoms with E-state index in [1.807, 2.05) is 6.07 Å². The fraction of sp³-hybridized carbons (Fsp3) is 0.455. The second-order valence-corrected chi connectivity index (χ2v) is 3.56. The Morgan fingerprint density at radius 3 is 3.06 bits per heavy atom. The minimum atomic E-state index is -0.491. The maximum atomic E-state index is 9.15. The molecule has 1 heterocycles. The van der Waals surface area contributed by atoms with Crippen molar-refractivity contribution >= 4 is 0 Å². The van der Waals surface area contributed by atoms with E-state index in [0.29, 0.717) is 12.4 Å². The van der Waals surface area contributed by atoms with Crippen LogP contribution in [-0.4, -0.2) is 25.6 Å². The van der Waals surface area contributed by atoms with E-state index in [-0.39, 0.29) is 13.4 Å². The Bertz CT molecular complexity index is 380. The van der Waals surface area contributed by atoms with Crippen molar-refractivity contribution < 1.29 is 19.3 Å². The molecule has 1 unspecified atom stereocenters. The summed E-state index contributed by atoms with van der Waals surface area (Å²) in [6, 6.07) is 3.12. The molecule has 1 atom stereocenters. The third-order valence-electron chi connectivity index (χ3n) is 2.61. The van der Waals surface area contributed by atoms with Crippen molar-refractivity contribution in [1.82, 2.24) is 0 Å². The molecule has 0 saturated carbocycles. The molecule has 3 N–H and O–H groups in total. The standard InChI is InChI=1S/C11H15NO4/c1-14-10-3-2-9-7(5-15-6-16-9)11(10)8(12)4-13/h2-3,8,13H,4-6,12H2,1H3. The first-order chi connectivity index (χ1) is 7.77. The zero-order valence-corrected chi connectivity index (χ0v) is 9.10. The highest BCUT2D eigenvalue weighted by Crippen LogP contribution is 2.36. The van der Waals surface area contributed by atoms with Crippen molar-refractivity contribution in [2.45, 2.75) is 12.6 Å². The molecule has 16 heavy (non-hydrogen) atoms. The Labute approximate surface area is 93.7 Å². The van der Waals surface area contributed by atoms with Crippen LogP contribution in [0.25, 0.3) is 0 Å². The molecule has 5 heteroatoms. The van der Waals surface area contributed by atoms with Crippen molar-refractivity contribution in [3.63, 3.8) is 0 Å². The maximum absolute atomic E-state index is 9.15. The number of hydrogen-bond donors (Lipinski definition) is 2. The third kappa shape index (κ3) is 1.84. The lowest BCUT2D eigenvalue weighted by molar-refractivity contribution is -0.0173. The molecule has 0 aliphatic carbocycles.